The molecule has 3 N–H and O–H groups in total. The van der Waals surface area contributed by atoms with Crippen LogP contribution in [-0.2, 0) is 0 Å². The number of carbonyl (C=O) groups is 1. The molecule has 0 aliphatic heterocycles. The van der Waals surface area contributed by atoms with Crippen LogP contribution in [0.5, 0.6) is 5.75 Å². The lowest BCUT2D eigenvalue weighted by atomic mass is 10.1. The molecule has 2 aromatic carbocycles. The summed E-state index contributed by atoms with van der Waals surface area (Å²) in [6.07, 6.45) is 3.43. The summed E-state index contributed by atoms with van der Waals surface area (Å²) in [5.74, 6) is 0.660. The number of aromatic amines is 1. The molecule has 0 saturated heterocycles. The van der Waals surface area contributed by atoms with Crippen molar-refractivity contribution in [3.63, 3.8) is 0 Å². The first kappa shape index (κ1) is 17.9. The van der Waals surface area contributed by atoms with Gasteiger partial charge in [-0.1, -0.05) is 17.7 Å². The van der Waals surface area contributed by atoms with Crippen molar-refractivity contribution in [3.8, 4) is 17.0 Å². The number of rotatable bonds is 4. The summed E-state index contributed by atoms with van der Waals surface area (Å²) in [6.45, 7) is 0. The van der Waals surface area contributed by atoms with Gasteiger partial charge in [-0.15, -0.1) is 0 Å². The van der Waals surface area contributed by atoms with Crippen LogP contribution in [0.1, 0.15) is 0 Å². The number of methoxy groups -OCH3 is 1. The Balaban J connectivity index is 1.70. The lowest BCUT2D eigenvalue weighted by Crippen LogP contribution is -2.19. The van der Waals surface area contributed by atoms with Gasteiger partial charge < -0.3 is 20.4 Å². The number of pyridine rings is 1. The summed E-state index contributed by atoms with van der Waals surface area (Å²) in [7, 11) is 1.58. The fourth-order valence-corrected chi connectivity index (χ4v) is 3.17. The number of nitrogens with zero attached hydrogens (tertiary/aromatic N) is 1. The van der Waals surface area contributed by atoms with Gasteiger partial charge in [0.15, 0.2) is 0 Å². The number of hydrogen-bond acceptors (Lipinski definition) is 3. The van der Waals surface area contributed by atoms with Gasteiger partial charge in [0.2, 0.25) is 0 Å². The van der Waals surface area contributed by atoms with Crippen LogP contribution in [0.25, 0.3) is 22.2 Å². The lowest BCUT2D eigenvalue weighted by Gasteiger charge is -2.10. The first-order valence-electron chi connectivity index (χ1n) is 8.58. The quantitative estimate of drug-likeness (QED) is 0.427. The smallest absolute Gasteiger partial charge is 0.323 e. The maximum Gasteiger partial charge on any atom is 0.323 e. The van der Waals surface area contributed by atoms with E-state index in [9.17, 15) is 4.79 Å². The Bertz CT molecular complexity index is 1140. The van der Waals surface area contributed by atoms with E-state index >= 15 is 0 Å². The van der Waals surface area contributed by atoms with Crippen molar-refractivity contribution in [1.29, 1.82) is 0 Å². The Kier molecular flexibility index (Phi) is 4.87. The number of fused-ring (bicyclic) bond motifs is 1. The van der Waals surface area contributed by atoms with E-state index < -0.39 is 0 Å². The molecule has 7 heteroatoms. The van der Waals surface area contributed by atoms with E-state index in [1.54, 1.807) is 43.8 Å². The number of nitrogens with one attached hydrogen (secondary N) is 3. The first-order valence-corrected chi connectivity index (χ1v) is 8.95. The minimum Gasteiger partial charge on any atom is -0.497 e. The summed E-state index contributed by atoms with van der Waals surface area (Å²) in [5.41, 5.74) is 3.72. The average molecular weight is 393 g/mol. The highest BCUT2D eigenvalue weighted by molar-refractivity contribution is 6.31. The van der Waals surface area contributed by atoms with Crippen molar-refractivity contribution < 1.29 is 9.53 Å². The summed E-state index contributed by atoms with van der Waals surface area (Å²) in [4.78, 5) is 20.2. The zero-order chi connectivity index (χ0) is 19.5. The van der Waals surface area contributed by atoms with Crippen LogP contribution in [0, 0.1) is 0 Å². The first-order chi connectivity index (χ1) is 13.6. The summed E-state index contributed by atoms with van der Waals surface area (Å²) in [6, 6.07) is 16.0. The molecule has 0 bridgehead atoms. The Labute approximate surface area is 166 Å². The number of amides is 2. The predicted molar refractivity (Wildman–Crippen MR) is 112 cm³/mol. The van der Waals surface area contributed by atoms with E-state index in [0.717, 1.165) is 22.2 Å². The highest BCUT2D eigenvalue weighted by atomic mass is 35.5. The van der Waals surface area contributed by atoms with Crippen molar-refractivity contribution >= 4 is 39.9 Å². The number of urea groups is 1. The maximum atomic E-state index is 12.7. The highest BCUT2D eigenvalue weighted by Gasteiger charge is 2.16. The molecular formula is C21H17ClN4O2. The standard InChI is InChI=1S/C21H17ClN4O2/c1-28-16-6-2-5-15(11-16)24-21(27)26-20-17-10-14(22)7-8-18(17)25-19(20)13-4-3-9-23-12-13/h2-12,25H,1H3,(H2,24,26,27). The minimum atomic E-state index is -0.376. The number of hydrogen-bond donors (Lipinski definition) is 3. The van der Waals surface area contributed by atoms with Gasteiger partial charge in [-0.25, -0.2) is 4.79 Å². The molecule has 2 heterocycles. The molecule has 0 spiro atoms. The third kappa shape index (κ3) is 3.63. The zero-order valence-corrected chi connectivity index (χ0v) is 15.7. The van der Waals surface area contributed by atoms with Gasteiger partial charge in [-0.3, -0.25) is 4.98 Å². The van der Waals surface area contributed by atoms with Gasteiger partial charge in [0, 0.05) is 45.6 Å². The molecule has 2 amide bonds. The number of ether oxygens (including phenoxy) is 1. The fraction of sp³-hybridized carbons (Fsp3) is 0.0476. The molecule has 0 aliphatic rings. The molecule has 0 radical (unpaired) electrons. The number of H-pyrrole nitrogens is 1. The zero-order valence-electron chi connectivity index (χ0n) is 15.0. The van der Waals surface area contributed by atoms with E-state index in [2.05, 4.69) is 20.6 Å². The lowest BCUT2D eigenvalue weighted by molar-refractivity contribution is 0.262. The molecule has 4 rings (SSSR count). The number of aromatic nitrogens is 2. The number of benzene rings is 2. The average Bonchev–Trinajstić information content (AvgIpc) is 3.06. The number of anilines is 2. The van der Waals surface area contributed by atoms with Gasteiger partial charge in [-0.05, 0) is 42.5 Å². The molecule has 4 aromatic rings. The SMILES string of the molecule is COc1cccc(NC(=O)Nc2c(-c3cccnc3)[nH]c3ccc(Cl)cc23)c1. The van der Waals surface area contributed by atoms with E-state index in [4.69, 9.17) is 16.3 Å². The van der Waals surface area contributed by atoms with Crippen LogP contribution in [0.15, 0.2) is 67.0 Å². The third-order valence-corrected chi connectivity index (χ3v) is 4.51. The van der Waals surface area contributed by atoms with Gasteiger partial charge in [-0.2, -0.15) is 0 Å². The third-order valence-electron chi connectivity index (χ3n) is 4.28. The predicted octanol–water partition coefficient (Wildman–Crippen LogP) is 5.54. The molecule has 2 aromatic heterocycles. The Morgan fingerprint density at radius 2 is 2.00 bits per heavy atom. The fourth-order valence-electron chi connectivity index (χ4n) is 3.00. The maximum absolute atomic E-state index is 12.7. The summed E-state index contributed by atoms with van der Waals surface area (Å²) in [5, 5.41) is 7.15. The second kappa shape index (κ2) is 7.62. The van der Waals surface area contributed by atoms with E-state index in [0.29, 0.717) is 22.1 Å². The second-order valence-corrected chi connectivity index (χ2v) is 6.55. The van der Waals surface area contributed by atoms with Crippen molar-refractivity contribution in [2.24, 2.45) is 0 Å². The molecular weight excluding hydrogens is 376 g/mol. The molecule has 0 aliphatic carbocycles. The van der Waals surface area contributed by atoms with Crippen LogP contribution in [0.3, 0.4) is 0 Å². The number of carbonyl (C=O) groups excluding carboxylic acids is 1. The van der Waals surface area contributed by atoms with Crippen molar-refractivity contribution in [3.05, 3.63) is 72.0 Å². The molecule has 0 atom stereocenters. The largest absolute Gasteiger partial charge is 0.497 e. The minimum absolute atomic E-state index is 0.376. The van der Waals surface area contributed by atoms with Gasteiger partial charge >= 0.3 is 6.03 Å². The van der Waals surface area contributed by atoms with Gasteiger partial charge in [0.05, 0.1) is 18.5 Å². The Morgan fingerprint density at radius 3 is 2.79 bits per heavy atom. The molecule has 28 heavy (non-hydrogen) atoms. The van der Waals surface area contributed by atoms with Crippen LogP contribution < -0.4 is 15.4 Å². The van der Waals surface area contributed by atoms with E-state index in [1.165, 1.54) is 0 Å². The van der Waals surface area contributed by atoms with Crippen LogP contribution in [-0.4, -0.2) is 23.1 Å². The Hall–Kier alpha value is -3.51. The van der Waals surface area contributed by atoms with Crippen molar-refractivity contribution in [2.75, 3.05) is 17.7 Å². The molecule has 0 saturated carbocycles. The topological polar surface area (TPSA) is 79.0 Å². The molecule has 6 nitrogen and oxygen atoms in total. The van der Waals surface area contributed by atoms with Crippen LogP contribution in [0.4, 0.5) is 16.2 Å². The highest BCUT2D eigenvalue weighted by Crippen LogP contribution is 2.36. The van der Waals surface area contributed by atoms with E-state index in [1.807, 2.05) is 30.3 Å². The van der Waals surface area contributed by atoms with Gasteiger partial charge in [0.25, 0.3) is 0 Å². The van der Waals surface area contributed by atoms with E-state index in [-0.39, 0.29) is 6.03 Å². The molecule has 0 unspecified atom stereocenters. The van der Waals surface area contributed by atoms with Crippen LogP contribution >= 0.6 is 11.6 Å². The number of halogens is 1. The Morgan fingerprint density at radius 1 is 1.11 bits per heavy atom. The van der Waals surface area contributed by atoms with Crippen molar-refractivity contribution in [1.82, 2.24) is 9.97 Å². The summed E-state index contributed by atoms with van der Waals surface area (Å²) >= 11 is 6.18. The van der Waals surface area contributed by atoms with Crippen molar-refractivity contribution in [2.45, 2.75) is 0 Å². The molecule has 140 valence electrons. The van der Waals surface area contributed by atoms with Crippen LogP contribution in [0.2, 0.25) is 5.02 Å². The molecule has 0 fully saturated rings. The van der Waals surface area contributed by atoms with Gasteiger partial charge in [0.1, 0.15) is 5.75 Å². The summed E-state index contributed by atoms with van der Waals surface area (Å²) < 4.78 is 5.19. The second-order valence-electron chi connectivity index (χ2n) is 6.12. The normalized spacial score (nSPS) is 10.6. The monoisotopic (exact) mass is 392 g/mol.